The highest BCUT2D eigenvalue weighted by atomic mass is 19.1. The van der Waals surface area contributed by atoms with E-state index in [1.165, 1.54) is 19.4 Å². The molecule has 52 heavy (non-hydrogen) atoms. The number of benzene rings is 2. The lowest BCUT2D eigenvalue weighted by Gasteiger charge is -2.32. The van der Waals surface area contributed by atoms with Gasteiger partial charge in [-0.05, 0) is 80.1 Å². The summed E-state index contributed by atoms with van der Waals surface area (Å²) in [5.74, 6) is -1.02. The van der Waals surface area contributed by atoms with Crippen LogP contribution in [0.1, 0.15) is 64.4 Å². The zero-order valence-electron chi connectivity index (χ0n) is 30.1. The third-order valence-electron chi connectivity index (χ3n) is 10.8. The van der Waals surface area contributed by atoms with Gasteiger partial charge in [0, 0.05) is 44.9 Å². The van der Waals surface area contributed by atoms with Crippen molar-refractivity contribution < 1.29 is 36.9 Å². The number of hydrogen-bond donors (Lipinski definition) is 0. The Labute approximate surface area is 301 Å². The summed E-state index contributed by atoms with van der Waals surface area (Å²) in [6.45, 7) is 6.06. The molecule has 0 radical (unpaired) electrons. The molecule has 3 aliphatic heterocycles. The van der Waals surface area contributed by atoms with E-state index in [9.17, 15) is 9.18 Å². The minimum absolute atomic E-state index is 0.0267. The number of halogens is 3. The second-order valence-corrected chi connectivity index (χ2v) is 14.1. The molecule has 0 aliphatic carbocycles. The Morgan fingerprint density at radius 3 is 2.71 bits per heavy atom. The van der Waals surface area contributed by atoms with Gasteiger partial charge in [-0.2, -0.15) is 9.97 Å². The Kier molecular flexibility index (Phi) is 10.7. The summed E-state index contributed by atoms with van der Waals surface area (Å²) in [7, 11) is 1.50. The highest BCUT2D eigenvalue weighted by Crippen LogP contribution is 2.42. The van der Waals surface area contributed by atoms with E-state index in [0.717, 1.165) is 38.6 Å². The number of carbonyl (C=O) groups is 1. The third kappa shape index (κ3) is 6.96. The smallest absolute Gasteiger partial charge is 0.319 e. The number of methoxy groups -OCH3 is 1. The van der Waals surface area contributed by atoms with E-state index in [4.69, 9.17) is 23.9 Å². The van der Waals surface area contributed by atoms with Crippen LogP contribution < -0.4 is 14.4 Å². The van der Waals surface area contributed by atoms with Crippen molar-refractivity contribution >= 4 is 33.5 Å². The Balaban J connectivity index is 1.38. The van der Waals surface area contributed by atoms with Crippen molar-refractivity contribution in [2.24, 2.45) is 5.92 Å². The van der Waals surface area contributed by atoms with E-state index in [1.807, 2.05) is 11.8 Å². The Morgan fingerprint density at radius 2 is 1.90 bits per heavy atom. The zero-order chi connectivity index (χ0) is 36.4. The monoisotopic (exact) mass is 721 g/mol. The van der Waals surface area contributed by atoms with E-state index >= 15 is 8.78 Å². The number of ether oxygens (including phenoxy) is 4. The molecular formula is C39H46F3N5O5. The van der Waals surface area contributed by atoms with Crippen LogP contribution in [0, 0.1) is 17.6 Å². The van der Waals surface area contributed by atoms with Gasteiger partial charge in [-0.25, -0.2) is 13.2 Å². The fourth-order valence-electron chi connectivity index (χ4n) is 8.36. The second-order valence-electron chi connectivity index (χ2n) is 14.1. The van der Waals surface area contributed by atoms with Crippen LogP contribution >= 0.6 is 0 Å². The first-order chi connectivity index (χ1) is 25.2. The number of hydrogen-bond acceptors (Lipinski definition) is 10. The molecular weight excluding hydrogens is 675 g/mol. The Hall–Kier alpha value is -4.23. The first kappa shape index (κ1) is 36.1. The lowest BCUT2D eigenvalue weighted by Crippen LogP contribution is -2.43. The second kappa shape index (κ2) is 15.4. The first-order valence-electron chi connectivity index (χ1n) is 18.4. The van der Waals surface area contributed by atoms with Crippen LogP contribution in [0.2, 0.25) is 0 Å². The van der Waals surface area contributed by atoms with Gasteiger partial charge in [0.25, 0.3) is 0 Å². The maximum atomic E-state index is 17.3. The molecule has 0 bridgehead atoms. The number of anilines is 1. The zero-order valence-corrected chi connectivity index (χ0v) is 30.1. The molecule has 3 fully saturated rings. The van der Waals surface area contributed by atoms with Gasteiger partial charge in [0.2, 0.25) is 0 Å². The standard InChI is InChI=1S/C39H46F3N5O5/c1-4-28-31(41)12-11-24-16-27(52-23-49-3)17-29(32(24)28)34-33(42)35-30(19-43-34)36(46-14-8-6-7-10-25(20-46)37(48)50-5-2)45-38(44-35)51-22-39-13-9-15-47(39)21-26(40)18-39/h11-12,16-17,19,25-26H,4-10,13-15,18,20-23H2,1-3H3/t25?,26-,39+/m1/s1. The molecule has 13 heteroatoms. The quantitative estimate of drug-likeness (QED) is 0.117. The molecule has 2 aromatic carbocycles. The van der Waals surface area contributed by atoms with Gasteiger partial charge in [0.15, 0.2) is 12.6 Å². The highest BCUT2D eigenvalue weighted by Gasteiger charge is 2.49. The lowest BCUT2D eigenvalue weighted by molar-refractivity contribution is -0.148. The molecule has 0 spiro atoms. The SMILES string of the molecule is CCOC(=O)C1CCCCCN(c2nc(OC[C@@]34CCCN3C[C@H](F)C4)nc3c(F)c(-c4cc(OCOC)cc5ccc(F)c(CC)c45)ncc23)C1. The molecule has 0 N–H and O–H groups in total. The van der Waals surface area contributed by atoms with E-state index in [-0.39, 0.29) is 43.2 Å². The first-order valence-corrected chi connectivity index (χ1v) is 18.4. The van der Waals surface area contributed by atoms with Crippen molar-refractivity contribution in [3.8, 4) is 23.0 Å². The molecule has 5 heterocycles. The van der Waals surface area contributed by atoms with Crippen LogP contribution in [0.4, 0.5) is 19.0 Å². The summed E-state index contributed by atoms with van der Waals surface area (Å²) in [6.07, 6.45) is 6.33. The molecule has 3 atom stereocenters. The molecule has 278 valence electrons. The maximum absolute atomic E-state index is 17.3. The number of fused-ring (bicyclic) bond motifs is 3. The van der Waals surface area contributed by atoms with Crippen molar-refractivity contribution in [1.82, 2.24) is 19.9 Å². The molecule has 0 saturated carbocycles. The summed E-state index contributed by atoms with van der Waals surface area (Å²) in [5, 5.41) is 1.52. The van der Waals surface area contributed by atoms with Crippen molar-refractivity contribution in [1.29, 1.82) is 0 Å². The minimum atomic E-state index is -0.944. The average molecular weight is 722 g/mol. The number of nitrogens with zero attached hydrogens (tertiary/aromatic N) is 5. The van der Waals surface area contributed by atoms with Gasteiger partial charge in [0.05, 0.1) is 23.4 Å². The normalized spacial score (nSPS) is 22.4. The van der Waals surface area contributed by atoms with Crippen LogP contribution in [0.25, 0.3) is 32.9 Å². The summed E-state index contributed by atoms with van der Waals surface area (Å²) in [5.41, 5.74) is 0.229. The molecule has 2 aromatic heterocycles. The third-order valence-corrected chi connectivity index (χ3v) is 10.8. The number of carbonyl (C=O) groups excluding carboxylic acids is 1. The molecule has 0 amide bonds. The predicted octanol–water partition coefficient (Wildman–Crippen LogP) is 7.18. The number of alkyl halides is 1. The van der Waals surface area contributed by atoms with Gasteiger partial charge < -0.3 is 23.8 Å². The van der Waals surface area contributed by atoms with E-state index in [0.29, 0.717) is 77.7 Å². The minimum Gasteiger partial charge on any atom is -0.468 e. The topological polar surface area (TPSA) is 99.1 Å². The number of aromatic nitrogens is 3. The van der Waals surface area contributed by atoms with Crippen molar-refractivity contribution in [2.45, 2.75) is 76.9 Å². The maximum Gasteiger partial charge on any atom is 0.319 e. The molecule has 4 aromatic rings. The van der Waals surface area contributed by atoms with E-state index in [2.05, 4.69) is 14.9 Å². The van der Waals surface area contributed by atoms with E-state index in [1.54, 1.807) is 25.1 Å². The molecule has 3 aliphatic rings. The summed E-state index contributed by atoms with van der Waals surface area (Å²) >= 11 is 0. The number of esters is 1. The van der Waals surface area contributed by atoms with Crippen LogP contribution in [0.15, 0.2) is 30.5 Å². The highest BCUT2D eigenvalue weighted by molar-refractivity contribution is 6.02. The summed E-state index contributed by atoms with van der Waals surface area (Å²) < 4.78 is 69.8. The molecule has 1 unspecified atom stereocenters. The van der Waals surface area contributed by atoms with Crippen LogP contribution in [0.3, 0.4) is 0 Å². The van der Waals surface area contributed by atoms with Gasteiger partial charge in [-0.3, -0.25) is 14.7 Å². The van der Waals surface area contributed by atoms with Crippen molar-refractivity contribution in [3.05, 3.63) is 47.7 Å². The Morgan fingerprint density at radius 1 is 1.04 bits per heavy atom. The van der Waals surface area contributed by atoms with Crippen molar-refractivity contribution in [2.75, 3.05) is 58.2 Å². The van der Waals surface area contributed by atoms with Gasteiger partial charge in [0.1, 0.15) is 41.4 Å². The van der Waals surface area contributed by atoms with Gasteiger partial charge >= 0.3 is 12.0 Å². The summed E-state index contributed by atoms with van der Waals surface area (Å²) in [6, 6.07) is 6.39. The fraction of sp³-hybridized carbons (Fsp3) is 0.538. The van der Waals surface area contributed by atoms with Gasteiger partial charge in [-0.1, -0.05) is 25.8 Å². The van der Waals surface area contributed by atoms with Crippen LogP contribution in [0.5, 0.6) is 11.8 Å². The van der Waals surface area contributed by atoms with Crippen LogP contribution in [-0.4, -0.2) is 90.8 Å². The Bertz CT molecular complexity index is 1950. The molecule has 10 nitrogen and oxygen atoms in total. The fourth-order valence-corrected chi connectivity index (χ4v) is 8.36. The molecule has 7 rings (SSSR count). The summed E-state index contributed by atoms with van der Waals surface area (Å²) in [4.78, 5) is 31.3. The molecule has 3 saturated heterocycles. The average Bonchev–Trinajstić information content (AvgIpc) is 3.65. The lowest BCUT2D eigenvalue weighted by atomic mass is 9.94. The number of rotatable bonds is 11. The largest absolute Gasteiger partial charge is 0.468 e. The van der Waals surface area contributed by atoms with Crippen molar-refractivity contribution in [3.63, 3.8) is 0 Å². The van der Waals surface area contributed by atoms with Crippen LogP contribution in [-0.2, 0) is 20.7 Å². The number of aryl methyl sites for hydroxylation is 1. The predicted molar refractivity (Wildman–Crippen MR) is 191 cm³/mol. The number of pyridine rings is 1. The van der Waals surface area contributed by atoms with Gasteiger partial charge in [-0.15, -0.1) is 0 Å². The van der Waals surface area contributed by atoms with E-state index < -0.39 is 29.3 Å².